The summed E-state index contributed by atoms with van der Waals surface area (Å²) < 4.78 is 1.02. The van der Waals surface area contributed by atoms with Crippen molar-refractivity contribution in [2.45, 2.75) is 44.3 Å². The van der Waals surface area contributed by atoms with Crippen molar-refractivity contribution in [3.8, 4) is 0 Å². The SMILES string of the molecule is CC(C)c1nc(C2CCCCS2)nc(N)c1I. The molecular weight excluding hydrogens is 345 g/mol. The van der Waals surface area contributed by atoms with E-state index in [2.05, 4.69) is 41.4 Å². The number of nitrogen functional groups attached to an aromatic ring is 1. The van der Waals surface area contributed by atoms with Gasteiger partial charge in [-0.3, -0.25) is 0 Å². The summed E-state index contributed by atoms with van der Waals surface area (Å²) in [7, 11) is 0. The van der Waals surface area contributed by atoms with Gasteiger partial charge in [-0.25, -0.2) is 9.97 Å². The molecule has 1 aromatic rings. The first-order valence-corrected chi connectivity index (χ1v) is 8.16. The summed E-state index contributed by atoms with van der Waals surface area (Å²) in [5.74, 6) is 3.21. The van der Waals surface area contributed by atoms with Gasteiger partial charge in [-0.05, 0) is 47.1 Å². The molecule has 0 bridgehead atoms. The first-order valence-electron chi connectivity index (χ1n) is 6.04. The van der Waals surface area contributed by atoms with Gasteiger partial charge in [0.15, 0.2) is 0 Å². The topological polar surface area (TPSA) is 51.8 Å². The van der Waals surface area contributed by atoms with E-state index in [1.807, 2.05) is 11.8 Å². The Labute approximate surface area is 121 Å². The quantitative estimate of drug-likeness (QED) is 0.814. The van der Waals surface area contributed by atoms with Crippen LogP contribution in [-0.2, 0) is 0 Å². The lowest BCUT2D eigenvalue weighted by Gasteiger charge is -2.21. The zero-order valence-electron chi connectivity index (χ0n) is 10.2. The Hall–Kier alpha value is -0.0400. The molecule has 94 valence electrons. The molecular formula is C12H18IN3S. The molecule has 1 atom stereocenters. The second-order valence-corrected chi connectivity index (χ2v) is 7.07. The van der Waals surface area contributed by atoms with E-state index in [9.17, 15) is 0 Å². The number of rotatable bonds is 2. The molecule has 5 heteroatoms. The Morgan fingerprint density at radius 2 is 2.12 bits per heavy atom. The summed E-state index contributed by atoms with van der Waals surface area (Å²) in [6, 6.07) is 0. The average molecular weight is 363 g/mol. The minimum Gasteiger partial charge on any atom is -0.383 e. The van der Waals surface area contributed by atoms with E-state index < -0.39 is 0 Å². The molecule has 2 N–H and O–H groups in total. The molecule has 0 radical (unpaired) electrons. The van der Waals surface area contributed by atoms with Gasteiger partial charge in [0.1, 0.15) is 11.6 Å². The highest BCUT2D eigenvalue weighted by atomic mass is 127. The van der Waals surface area contributed by atoms with Crippen LogP contribution in [0.1, 0.15) is 55.8 Å². The largest absolute Gasteiger partial charge is 0.383 e. The lowest BCUT2D eigenvalue weighted by atomic mass is 10.1. The third kappa shape index (κ3) is 3.05. The van der Waals surface area contributed by atoms with E-state index in [4.69, 9.17) is 10.7 Å². The molecule has 0 spiro atoms. The van der Waals surface area contributed by atoms with Crippen LogP contribution in [0, 0.1) is 3.57 Å². The molecule has 1 aromatic heterocycles. The number of hydrogen-bond donors (Lipinski definition) is 1. The molecule has 1 aliphatic heterocycles. The van der Waals surface area contributed by atoms with Gasteiger partial charge in [-0.15, -0.1) is 0 Å². The van der Waals surface area contributed by atoms with Crippen LogP contribution in [0.25, 0.3) is 0 Å². The second kappa shape index (κ2) is 5.73. The van der Waals surface area contributed by atoms with Crippen LogP contribution in [-0.4, -0.2) is 15.7 Å². The van der Waals surface area contributed by atoms with E-state index in [1.165, 1.54) is 25.0 Å². The number of aromatic nitrogens is 2. The van der Waals surface area contributed by atoms with E-state index in [0.717, 1.165) is 15.1 Å². The van der Waals surface area contributed by atoms with Gasteiger partial charge in [0.25, 0.3) is 0 Å². The third-order valence-corrected chi connectivity index (χ3v) is 5.41. The van der Waals surface area contributed by atoms with Crippen molar-refractivity contribution >= 4 is 40.2 Å². The predicted octanol–water partition coefficient (Wildman–Crippen LogP) is 3.75. The molecule has 0 aliphatic carbocycles. The predicted molar refractivity (Wildman–Crippen MR) is 82.3 cm³/mol. The summed E-state index contributed by atoms with van der Waals surface area (Å²) in [5, 5.41) is 0.445. The highest BCUT2D eigenvalue weighted by molar-refractivity contribution is 14.1. The first-order chi connectivity index (χ1) is 8.09. The van der Waals surface area contributed by atoms with Crippen molar-refractivity contribution in [2.75, 3.05) is 11.5 Å². The molecule has 2 rings (SSSR count). The van der Waals surface area contributed by atoms with Crippen LogP contribution >= 0.6 is 34.4 Å². The lowest BCUT2D eigenvalue weighted by Crippen LogP contribution is -2.12. The van der Waals surface area contributed by atoms with Crippen LogP contribution in [0.15, 0.2) is 0 Å². The molecule has 1 saturated heterocycles. The fraction of sp³-hybridized carbons (Fsp3) is 0.667. The Kier molecular flexibility index (Phi) is 4.52. The van der Waals surface area contributed by atoms with Crippen LogP contribution in [0.5, 0.6) is 0 Å². The molecule has 2 heterocycles. The zero-order chi connectivity index (χ0) is 12.4. The smallest absolute Gasteiger partial charge is 0.144 e. The Bertz CT molecular complexity index is 403. The monoisotopic (exact) mass is 363 g/mol. The summed E-state index contributed by atoms with van der Waals surface area (Å²) >= 11 is 4.22. The maximum absolute atomic E-state index is 6.00. The van der Waals surface area contributed by atoms with Gasteiger partial charge in [-0.1, -0.05) is 20.3 Å². The summed E-state index contributed by atoms with van der Waals surface area (Å²) in [5.41, 5.74) is 7.09. The van der Waals surface area contributed by atoms with Crippen LogP contribution in [0.3, 0.4) is 0 Å². The molecule has 0 aromatic carbocycles. The minimum atomic E-state index is 0.402. The van der Waals surface area contributed by atoms with Crippen molar-refractivity contribution in [3.63, 3.8) is 0 Å². The first kappa shape index (κ1) is 13.4. The Balaban J connectivity index is 2.34. The van der Waals surface area contributed by atoms with Gasteiger partial charge >= 0.3 is 0 Å². The summed E-state index contributed by atoms with van der Waals surface area (Å²) in [6.07, 6.45) is 3.78. The van der Waals surface area contributed by atoms with Crippen LogP contribution in [0.4, 0.5) is 5.82 Å². The number of nitrogens with zero attached hydrogens (tertiary/aromatic N) is 2. The van der Waals surface area contributed by atoms with Crippen molar-refractivity contribution in [1.29, 1.82) is 0 Å². The molecule has 17 heavy (non-hydrogen) atoms. The van der Waals surface area contributed by atoms with E-state index in [1.54, 1.807) is 0 Å². The maximum atomic E-state index is 6.00. The lowest BCUT2D eigenvalue weighted by molar-refractivity contribution is 0.654. The number of thioether (sulfide) groups is 1. The standard InChI is InChI=1S/C12H18IN3S/c1-7(2)10-9(13)11(14)16-12(15-10)8-5-3-4-6-17-8/h7-8H,3-6H2,1-2H3,(H2,14,15,16). The fourth-order valence-corrected chi connectivity index (χ4v) is 4.08. The Morgan fingerprint density at radius 3 is 2.71 bits per heavy atom. The normalized spacial score (nSPS) is 20.8. The van der Waals surface area contributed by atoms with Gasteiger partial charge in [0.05, 0.1) is 14.5 Å². The summed E-state index contributed by atoms with van der Waals surface area (Å²) in [6.45, 7) is 4.31. The second-order valence-electron chi connectivity index (χ2n) is 4.68. The minimum absolute atomic E-state index is 0.402. The maximum Gasteiger partial charge on any atom is 0.144 e. The average Bonchev–Trinajstić information content (AvgIpc) is 2.33. The third-order valence-electron chi connectivity index (χ3n) is 2.93. The highest BCUT2D eigenvalue weighted by Crippen LogP contribution is 2.38. The van der Waals surface area contributed by atoms with Crippen LogP contribution in [0.2, 0.25) is 0 Å². The number of nitrogens with two attached hydrogens (primary N) is 1. The van der Waals surface area contributed by atoms with Gasteiger partial charge in [-0.2, -0.15) is 11.8 Å². The van der Waals surface area contributed by atoms with E-state index >= 15 is 0 Å². The molecule has 1 unspecified atom stereocenters. The van der Waals surface area contributed by atoms with Crippen molar-refractivity contribution in [1.82, 2.24) is 9.97 Å². The van der Waals surface area contributed by atoms with Gasteiger partial charge in [0, 0.05) is 0 Å². The van der Waals surface area contributed by atoms with Crippen molar-refractivity contribution in [2.24, 2.45) is 0 Å². The van der Waals surface area contributed by atoms with E-state index in [0.29, 0.717) is 17.0 Å². The molecule has 1 fully saturated rings. The van der Waals surface area contributed by atoms with Crippen molar-refractivity contribution in [3.05, 3.63) is 15.1 Å². The zero-order valence-corrected chi connectivity index (χ0v) is 13.2. The number of anilines is 1. The van der Waals surface area contributed by atoms with Gasteiger partial charge in [0.2, 0.25) is 0 Å². The van der Waals surface area contributed by atoms with Crippen molar-refractivity contribution < 1.29 is 0 Å². The number of halogens is 1. The molecule has 0 amide bonds. The van der Waals surface area contributed by atoms with E-state index in [-0.39, 0.29) is 0 Å². The summed E-state index contributed by atoms with van der Waals surface area (Å²) in [4.78, 5) is 9.21. The molecule has 3 nitrogen and oxygen atoms in total. The van der Waals surface area contributed by atoms with Gasteiger partial charge < -0.3 is 5.73 Å². The fourth-order valence-electron chi connectivity index (χ4n) is 1.97. The highest BCUT2D eigenvalue weighted by Gasteiger charge is 2.22. The van der Waals surface area contributed by atoms with Crippen LogP contribution < -0.4 is 5.73 Å². The number of hydrogen-bond acceptors (Lipinski definition) is 4. The molecule has 1 aliphatic rings. The molecule has 0 saturated carbocycles. The Morgan fingerprint density at radius 1 is 1.35 bits per heavy atom.